The van der Waals surface area contributed by atoms with Crippen molar-refractivity contribution in [3.05, 3.63) is 68.2 Å². The molecule has 29 heavy (non-hydrogen) atoms. The number of hydrazine groups is 1. The molecule has 11 heteroatoms. The highest BCUT2D eigenvalue weighted by Crippen LogP contribution is 2.26. The lowest BCUT2D eigenvalue weighted by Crippen LogP contribution is -2.49. The van der Waals surface area contributed by atoms with Crippen molar-refractivity contribution in [2.75, 3.05) is 6.61 Å². The van der Waals surface area contributed by atoms with Crippen molar-refractivity contribution in [2.45, 2.75) is 13.3 Å². The Labute approximate surface area is 180 Å². The molecule has 2 amide bonds. The molecule has 2 aromatic carbocycles. The number of rotatable bonds is 6. The molecule has 2 aromatic rings. The maximum absolute atomic E-state index is 12.1. The zero-order valence-electron chi connectivity index (χ0n) is 15.2. The van der Waals surface area contributed by atoms with Gasteiger partial charge in [-0.2, -0.15) is 0 Å². The van der Waals surface area contributed by atoms with Crippen LogP contribution in [0.25, 0.3) is 0 Å². The Morgan fingerprint density at radius 2 is 1.93 bits per heavy atom. The van der Waals surface area contributed by atoms with E-state index in [1.807, 2.05) is 19.1 Å². The highest BCUT2D eigenvalue weighted by atomic mass is 79.9. The zero-order chi connectivity index (χ0) is 21.4. The first kappa shape index (κ1) is 22.2. The maximum atomic E-state index is 12.1. The number of halogens is 1. The van der Waals surface area contributed by atoms with Crippen molar-refractivity contribution < 1.29 is 19.2 Å². The van der Waals surface area contributed by atoms with E-state index < -0.39 is 16.7 Å². The summed E-state index contributed by atoms with van der Waals surface area (Å²) in [7, 11) is 0. The molecule has 0 aliphatic rings. The van der Waals surface area contributed by atoms with Crippen molar-refractivity contribution >= 4 is 50.8 Å². The summed E-state index contributed by atoms with van der Waals surface area (Å²) in [5.41, 5.74) is 5.13. The fraction of sp³-hybridized carbons (Fsp3) is 0.167. The number of hydrogen-bond acceptors (Lipinski definition) is 6. The summed E-state index contributed by atoms with van der Waals surface area (Å²) in [5.74, 6) is -0.820. The minimum Gasteiger partial charge on any atom is -0.483 e. The van der Waals surface area contributed by atoms with Gasteiger partial charge in [0, 0.05) is 6.07 Å². The molecule has 0 aliphatic carbocycles. The second-order valence-corrected chi connectivity index (χ2v) is 6.90. The minimum absolute atomic E-state index is 0.150. The van der Waals surface area contributed by atoms with Gasteiger partial charge in [0.2, 0.25) is 0 Å². The first-order valence-corrected chi connectivity index (χ1v) is 9.56. The molecule has 0 saturated carbocycles. The third-order valence-electron chi connectivity index (χ3n) is 3.65. The molecule has 0 fully saturated rings. The Bertz CT molecular complexity index is 954. The second kappa shape index (κ2) is 10.5. The number of carbonyl (C=O) groups excluding carboxylic acids is 2. The van der Waals surface area contributed by atoms with Crippen LogP contribution >= 0.6 is 28.1 Å². The van der Waals surface area contributed by atoms with E-state index in [0.29, 0.717) is 5.75 Å². The van der Waals surface area contributed by atoms with E-state index in [0.717, 1.165) is 16.5 Å². The number of nitro benzene ring substituents is 1. The summed E-state index contributed by atoms with van der Waals surface area (Å²) in [6, 6.07) is 11.0. The molecule has 2 rings (SSSR count). The average Bonchev–Trinajstić information content (AvgIpc) is 2.70. The Kier molecular flexibility index (Phi) is 8.04. The summed E-state index contributed by atoms with van der Waals surface area (Å²) in [6.45, 7) is 1.72. The fourth-order valence-electron chi connectivity index (χ4n) is 2.22. The quantitative estimate of drug-likeness (QED) is 0.329. The monoisotopic (exact) mass is 480 g/mol. The van der Waals surface area contributed by atoms with Gasteiger partial charge in [-0.25, -0.2) is 0 Å². The maximum Gasteiger partial charge on any atom is 0.282 e. The van der Waals surface area contributed by atoms with Crippen molar-refractivity contribution in [3.63, 3.8) is 0 Å². The zero-order valence-corrected chi connectivity index (χ0v) is 17.6. The van der Waals surface area contributed by atoms with E-state index in [1.165, 1.54) is 24.3 Å². The fourth-order valence-corrected chi connectivity index (χ4v) is 2.93. The molecule has 0 aliphatic heterocycles. The van der Waals surface area contributed by atoms with Crippen molar-refractivity contribution in [1.82, 2.24) is 16.2 Å². The van der Waals surface area contributed by atoms with Gasteiger partial charge in [0.25, 0.3) is 17.5 Å². The summed E-state index contributed by atoms with van der Waals surface area (Å²) in [6.07, 6.45) is 0.872. The van der Waals surface area contributed by atoms with Crippen molar-refractivity contribution in [2.24, 2.45) is 0 Å². The first-order chi connectivity index (χ1) is 13.8. The Morgan fingerprint density at radius 3 is 2.59 bits per heavy atom. The van der Waals surface area contributed by atoms with Gasteiger partial charge in [-0.05, 0) is 58.3 Å². The number of thiocarbonyl (C=S) groups is 1. The van der Waals surface area contributed by atoms with E-state index in [9.17, 15) is 19.7 Å². The Morgan fingerprint density at radius 1 is 1.21 bits per heavy atom. The lowest BCUT2D eigenvalue weighted by atomic mass is 10.2. The molecule has 0 atom stereocenters. The van der Waals surface area contributed by atoms with E-state index in [2.05, 4.69) is 32.1 Å². The third kappa shape index (κ3) is 6.50. The number of hydrogen-bond donors (Lipinski definition) is 3. The Hall–Kier alpha value is -3.05. The number of para-hydroxylation sites is 1. The van der Waals surface area contributed by atoms with Crippen molar-refractivity contribution in [1.29, 1.82) is 0 Å². The molecule has 9 nitrogen and oxygen atoms in total. The highest BCUT2D eigenvalue weighted by Gasteiger charge is 2.19. The van der Waals surface area contributed by atoms with Crippen LogP contribution < -0.4 is 20.9 Å². The highest BCUT2D eigenvalue weighted by molar-refractivity contribution is 9.10. The van der Waals surface area contributed by atoms with Gasteiger partial charge in [0.1, 0.15) is 11.3 Å². The lowest BCUT2D eigenvalue weighted by molar-refractivity contribution is -0.385. The number of nitrogens with zero attached hydrogens (tertiary/aromatic N) is 1. The smallest absolute Gasteiger partial charge is 0.282 e. The van der Waals surface area contributed by atoms with Crippen LogP contribution in [0.4, 0.5) is 5.69 Å². The van der Waals surface area contributed by atoms with E-state index in [-0.39, 0.29) is 23.0 Å². The van der Waals surface area contributed by atoms with E-state index >= 15 is 0 Å². The number of amides is 2. The van der Waals surface area contributed by atoms with Crippen LogP contribution in [0.5, 0.6) is 5.75 Å². The normalized spacial score (nSPS) is 10.0. The molecule has 0 unspecified atom stereocenters. The molecule has 0 aromatic heterocycles. The van der Waals surface area contributed by atoms with Crippen molar-refractivity contribution in [3.8, 4) is 5.75 Å². The third-order valence-corrected chi connectivity index (χ3v) is 4.48. The standard InChI is InChI=1S/C18H17BrN4O5S/c1-2-11-7-8-15(13(19)9-11)28-10-16(24)20-18(29)22-21-17(25)12-5-3-4-6-14(12)23(26)27/h3-9H,2,10H2,1H3,(H,21,25)(H2,20,22,24,29). The van der Waals surface area contributed by atoms with Gasteiger partial charge >= 0.3 is 0 Å². The predicted octanol–water partition coefficient (Wildman–Crippen LogP) is 2.63. The van der Waals surface area contributed by atoms with Crippen LogP contribution in [0, 0.1) is 10.1 Å². The number of aryl methyl sites for hydroxylation is 1. The summed E-state index contributed by atoms with van der Waals surface area (Å²) in [4.78, 5) is 34.3. The largest absolute Gasteiger partial charge is 0.483 e. The van der Waals surface area contributed by atoms with Crippen LogP contribution in [-0.4, -0.2) is 28.5 Å². The number of carbonyl (C=O) groups is 2. The molecule has 0 heterocycles. The topological polar surface area (TPSA) is 123 Å². The second-order valence-electron chi connectivity index (χ2n) is 5.64. The minimum atomic E-state index is -0.773. The number of nitrogens with one attached hydrogen (secondary N) is 3. The molecule has 0 bridgehead atoms. The summed E-state index contributed by atoms with van der Waals surface area (Å²) in [5, 5.41) is 13.1. The predicted molar refractivity (Wildman–Crippen MR) is 113 cm³/mol. The van der Waals surface area contributed by atoms with Gasteiger partial charge in [-0.15, -0.1) is 0 Å². The van der Waals surface area contributed by atoms with Crippen LogP contribution in [0.1, 0.15) is 22.8 Å². The van der Waals surface area contributed by atoms with Gasteiger partial charge in [0.05, 0.1) is 9.40 Å². The molecule has 0 radical (unpaired) electrons. The number of benzene rings is 2. The molecule has 0 saturated heterocycles. The lowest BCUT2D eigenvalue weighted by Gasteiger charge is -2.12. The van der Waals surface area contributed by atoms with Gasteiger partial charge in [-0.1, -0.05) is 25.1 Å². The molecular weight excluding hydrogens is 464 g/mol. The molecule has 152 valence electrons. The molecule has 0 spiro atoms. The number of ether oxygens (including phenoxy) is 1. The Balaban J connectivity index is 1.82. The van der Waals surface area contributed by atoms with Crippen LogP contribution in [0.15, 0.2) is 46.9 Å². The summed E-state index contributed by atoms with van der Waals surface area (Å²) < 4.78 is 6.15. The average molecular weight is 481 g/mol. The van der Waals surface area contributed by atoms with Gasteiger partial charge in [-0.3, -0.25) is 35.9 Å². The van der Waals surface area contributed by atoms with E-state index in [4.69, 9.17) is 17.0 Å². The first-order valence-electron chi connectivity index (χ1n) is 8.36. The number of nitro groups is 1. The SMILES string of the molecule is CCc1ccc(OCC(=O)NC(=S)NNC(=O)c2ccccc2[N+](=O)[O-])c(Br)c1. The summed E-state index contributed by atoms with van der Waals surface area (Å²) >= 11 is 8.29. The van der Waals surface area contributed by atoms with Crippen LogP contribution in [0.2, 0.25) is 0 Å². The van der Waals surface area contributed by atoms with Crippen LogP contribution in [0.3, 0.4) is 0 Å². The molecular formula is C18H17BrN4O5S. The van der Waals surface area contributed by atoms with Crippen LogP contribution in [-0.2, 0) is 11.2 Å². The molecule has 3 N–H and O–H groups in total. The van der Waals surface area contributed by atoms with E-state index in [1.54, 1.807) is 6.07 Å². The van der Waals surface area contributed by atoms with Gasteiger partial charge in [0.15, 0.2) is 11.7 Å². The van der Waals surface area contributed by atoms with Gasteiger partial charge < -0.3 is 4.74 Å².